The first-order valence-corrected chi connectivity index (χ1v) is 7.04. The van der Waals surface area contributed by atoms with Gasteiger partial charge in [0.15, 0.2) is 0 Å². The average Bonchev–Trinajstić information content (AvgIpc) is 2.46. The summed E-state index contributed by atoms with van der Waals surface area (Å²) in [5.74, 6) is 0.0326. The van der Waals surface area contributed by atoms with Gasteiger partial charge in [-0.3, -0.25) is 4.79 Å². The van der Waals surface area contributed by atoms with Gasteiger partial charge in [-0.2, -0.15) is 0 Å². The third-order valence-electron chi connectivity index (χ3n) is 3.46. The van der Waals surface area contributed by atoms with Crippen molar-refractivity contribution in [2.45, 2.75) is 26.3 Å². The number of fused-ring (bicyclic) bond motifs is 1. The topological polar surface area (TPSA) is 40.5 Å². The summed E-state index contributed by atoms with van der Waals surface area (Å²) in [7, 11) is 0. The number of hydrogen-bond acceptors (Lipinski definition) is 2. The highest BCUT2D eigenvalue weighted by atomic mass is 16.3. The lowest BCUT2D eigenvalue weighted by molar-refractivity contribution is 0.0695. The van der Waals surface area contributed by atoms with Crippen LogP contribution in [0.3, 0.4) is 0 Å². The number of carbonyl (C=O) groups excluding carboxylic acids is 1. The molecule has 2 rings (SSSR count). The van der Waals surface area contributed by atoms with Gasteiger partial charge in [-0.05, 0) is 37.1 Å². The van der Waals surface area contributed by atoms with E-state index in [-0.39, 0.29) is 18.6 Å². The number of rotatable bonds is 5. The lowest BCUT2D eigenvalue weighted by atomic mass is 10.0. The van der Waals surface area contributed by atoms with Crippen molar-refractivity contribution in [1.29, 1.82) is 0 Å². The maximum Gasteiger partial charge on any atom is 0.254 e. The maximum absolute atomic E-state index is 12.8. The summed E-state index contributed by atoms with van der Waals surface area (Å²) >= 11 is 0. The highest BCUT2D eigenvalue weighted by Crippen LogP contribution is 2.21. The zero-order chi connectivity index (χ0) is 14.5. The first-order chi connectivity index (χ1) is 9.65. The van der Waals surface area contributed by atoms with Crippen molar-refractivity contribution in [1.82, 2.24) is 4.90 Å². The molecule has 0 aliphatic rings. The molecule has 1 N–H and O–H groups in total. The Morgan fingerprint density at radius 2 is 1.85 bits per heavy atom. The number of carbonyl (C=O) groups is 1. The van der Waals surface area contributed by atoms with E-state index in [9.17, 15) is 4.79 Å². The molecule has 0 aliphatic heterocycles. The molecular formula is C17H21NO2. The summed E-state index contributed by atoms with van der Waals surface area (Å²) < 4.78 is 0. The third-order valence-corrected chi connectivity index (χ3v) is 3.46. The van der Waals surface area contributed by atoms with Crippen molar-refractivity contribution in [3.05, 3.63) is 48.0 Å². The van der Waals surface area contributed by atoms with E-state index >= 15 is 0 Å². The number of amides is 1. The molecule has 0 saturated heterocycles. The van der Waals surface area contributed by atoms with Gasteiger partial charge >= 0.3 is 0 Å². The maximum atomic E-state index is 12.8. The molecule has 0 atom stereocenters. The van der Waals surface area contributed by atoms with Crippen LogP contribution in [0, 0.1) is 0 Å². The Balaban J connectivity index is 2.38. The highest BCUT2D eigenvalue weighted by Gasteiger charge is 2.19. The number of benzene rings is 2. The molecule has 2 aromatic rings. The molecule has 0 bridgehead atoms. The van der Waals surface area contributed by atoms with Crippen LogP contribution < -0.4 is 0 Å². The van der Waals surface area contributed by atoms with Crippen LogP contribution in [0.1, 0.15) is 30.6 Å². The minimum absolute atomic E-state index is 0.0326. The Morgan fingerprint density at radius 3 is 2.55 bits per heavy atom. The summed E-state index contributed by atoms with van der Waals surface area (Å²) in [6.45, 7) is 4.68. The van der Waals surface area contributed by atoms with Crippen LogP contribution in [0.5, 0.6) is 0 Å². The molecule has 0 spiro atoms. The molecule has 0 heterocycles. The lowest BCUT2D eigenvalue weighted by Gasteiger charge is -2.27. The van der Waals surface area contributed by atoms with Gasteiger partial charge in [-0.15, -0.1) is 0 Å². The van der Waals surface area contributed by atoms with E-state index in [1.807, 2.05) is 61.2 Å². The van der Waals surface area contributed by atoms with Crippen molar-refractivity contribution in [2.75, 3.05) is 13.2 Å². The first-order valence-electron chi connectivity index (χ1n) is 7.04. The summed E-state index contributed by atoms with van der Waals surface area (Å²) in [5.41, 5.74) is 0.731. The smallest absolute Gasteiger partial charge is 0.254 e. The average molecular weight is 271 g/mol. The van der Waals surface area contributed by atoms with E-state index in [1.165, 1.54) is 0 Å². The Morgan fingerprint density at radius 1 is 1.15 bits per heavy atom. The summed E-state index contributed by atoms with van der Waals surface area (Å²) in [5, 5.41) is 11.0. The molecule has 106 valence electrons. The van der Waals surface area contributed by atoms with Crippen molar-refractivity contribution in [3.63, 3.8) is 0 Å². The monoisotopic (exact) mass is 271 g/mol. The molecule has 0 radical (unpaired) electrons. The molecule has 0 aliphatic carbocycles. The SMILES string of the molecule is CC(C)N(CCCO)C(=O)c1cccc2ccccc12. The molecule has 3 nitrogen and oxygen atoms in total. The predicted molar refractivity (Wildman–Crippen MR) is 81.8 cm³/mol. The van der Waals surface area contributed by atoms with Crippen LogP contribution in [-0.4, -0.2) is 35.1 Å². The summed E-state index contributed by atoms with van der Waals surface area (Å²) in [4.78, 5) is 14.6. The summed E-state index contributed by atoms with van der Waals surface area (Å²) in [6.07, 6.45) is 0.606. The van der Waals surface area contributed by atoms with Crippen LogP contribution in [0.15, 0.2) is 42.5 Å². The fraction of sp³-hybridized carbons (Fsp3) is 0.353. The predicted octanol–water partition coefficient (Wildman–Crippen LogP) is 3.07. The fourth-order valence-electron chi connectivity index (χ4n) is 2.40. The molecule has 20 heavy (non-hydrogen) atoms. The minimum Gasteiger partial charge on any atom is -0.396 e. The van der Waals surface area contributed by atoms with Gasteiger partial charge in [0, 0.05) is 24.8 Å². The largest absolute Gasteiger partial charge is 0.396 e. The second kappa shape index (κ2) is 6.53. The molecule has 0 aromatic heterocycles. The highest BCUT2D eigenvalue weighted by molar-refractivity contribution is 6.07. The van der Waals surface area contributed by atoms with Crippen molar-refractivity contribution >= 4 is 16.7 Å². The van der Waals surface area contributed by atoms with E-state index < -0.39 is 0 Å². The van der Waals surface area contributed by atoms with E-state index in [4.69, 9.17) is 5.11 Å². The Labute approximate surface area is 119 Å². The van der Waals surface area contributed by atoms with E-state index in [0.29, 0.717) is 13.0 Å². The van der Waals surface area contributed by atoms with Gasteiger partial charge in [0.05, 0.1) is 0 Å². The van der Waals surface area contributed by atoms with Crippen LogP contribution in [0.4, 0.5) is 0 Å². The molecule has 0 unspecified atom stereocenters. The first kappa shape index (κ1) is 14.5. The molecule has 0 fully saturated rings. The summed E-state index contributed by atoms with van der Waals surface area (Å²) in [6, 6.07) is 13.8. The van der Waals surface area contributed by atoms with Crippen molar-refractivity contribution < 1.29 is 9.90 Å². The molecule has 0 saturated carbocycles. The van der Waals surface area contributed by atoms with Crippen LogP contribution in [0.2, 0.25) is 0 Å². The number of aliphatic hydroxyl groups excluding tert-OH is 1. The quantitative estimate of drug-likeness (QED) is 0.908. The van der Waals surface area contributed by atoms with E-state index in [0.717, 1.165) is 16.3 Å². The Hall–Kier alpha value is -1.87. The third kappa shape index (κ3) is 2.99. The second-order valence-electron chi connectivity index (χ2n) is 5.20. The Bertz CT molecular complexity index is 587. The standard InChI is InChI=1S/C17H21NO2/c1-13(2)18(11-6-12-19)17(20)16-10-5-8-14-7-3-4-9-15(14)16/h3-5,7-10,13,19H,6,11-12H2,1-2H3. The minimum atomic E-state index is 0.0326. The van der Waals surface area contributed by atoms with Gasteiger partial charge in [0.1, 0.15) is 0 Å². The van der Waals surface area contributed by atoms with Crippen LogP contribution >= 0.6 is 0 Å². The van der Waals surface area contributed by atoms with E-state index in [1.54, 1.807) is 0 Å². The molecule has 1 amide bonds. The second-order valence-corrected chi connectivity index (χ2v) is 5.20. The van der Waals surface area contributed by atoms with Crippen molar-refractivity contribution in [2.24, 2.45) is 0 Å². The molecule has 2 aromatic carbocycles. The fourth-order valence-corrected chi connectivity index (χ4v) is 2.40. The van der Waals surface area contributed by atoms with Gasteiger partial charge in [0.2, 0.25) is 0 Å². The van der Waals surface area contributed by atoms with Gasteiger partial charge in [-0.1, -0.05) is 36.4 Å². The van der Waals surface area contributed by atoms with Crippen LogP contribution in [0.25, 0.3) is 10.8 Å². The lowest BCUT2D eigenvalue weighted by Crippen LogP contribution is -2.38. The number of aliphatic hydroxyl groups is 1. The van der Waals surface area contributed by atoms with E-state index in [2.05, 4.69) is 0 Å². The van der Waals surface area contributed by atoms with Crippen molar-refractivity contribution in [3.8, 4) is 0 Å². The zero-order valence-electron chi connectivity index (χ0n) is 12.0. The normalized spacial score (nSPS) is 11.0. The zero-order valence-corrected chi connectivity index (χ0v) is 12.0. The molecular weight excluding hydrogens is 250 g/mol. The van der Waals surface area contributed by atoms with Gasteiger partial charge in [-0.25, -0.2) is 0 Å². The number of hydrogen-bond donors (Lipinski definition) is 1. The van der Waals surface area contributed by atoms with Gasteiger partial charge in [0.25, 0.3) is 5.91 Å². The number of nitrogens with zero attached hydrogens (tertiary/aromatic N) is 1. The van der Waals surface area contributed by atoms with Crippen LogP contribution in [-0.2, 0) is 0 Å². The Kier molecular flexibility index (Phi) is 4.74. The van der Waals surface area contributed by atoms with Gasteiger partial charge < -0.3 is 10.0 Å². The molecule has 3 heteroatoms.